The maximum Gasteiger partial charge on any atom is 0.246 e. The average Bonchev–Trinajstić information content (AvgIpc) is 2.81. The lowest BCUT2D eigenvalue weighted by Crippen LogP contribution is -2.21. The number of carbonyl (C=O) groups excluding carboxylic acids is 1. The highest BCUT2D eigenvalue weighted by molar-refractivity contribution is 6.37. The van der Waals surface area contributed by atoms with Crippen molar-refractivity contribution < 1.29 is 14.1 Å². The first-order valence-corrected chi connectivity index (χ1v) is 6.75. The van der Waals surface area contributed by atoms with Crippen LogP contribution in [0, 0.1) is 6.92 Å². The van der Waals surface area contributed by atoms with Gasteiger partial charge < -0.3 is 14.6 Å². The Morgan fingerprint density at radius 1 is 1.33 bits per heavy atom. The van der Waals surface area contributed by atoms with Crippen molar-refractivity contribution in [1.82, 2.24) is 5.16 Å². The number of nitrogens with one attached hydrogen (secondary N) is 2. The van der Waals surface area contributed by atoms with E-state index in [4.69, 9.17) is 32.5 Å². The van der Waals surface area contributed by atoms with Crippen LogP contribution < -0.4 is 15.4 Å². The van der Waals surface area contributed by atoms with Crippen molar-refractivity contribution in [3.63, 3.8) is 0 Å². The number of hydrogen-bond donors (Lipinski definition) is 2. The number of rotatable bonds is 5. The molecule has 1 amide bonds. The highest BCUT2D eigenvalue weighted by atomic mass is 35.5. The van der Waals surface area contributed by atoms with Gasteiger partial charge in [0.1, 0.15) is 0 Å². The third-order valence-corrected chi connectivity index (χ3v) is 3.11. The Bertz CT molecular complexity index is 635. The minimum Gasteiger partial charge on any atom is -0.494 e. The molecule has 0 saturated heterocycles. The minimum atomic E-state index is -0.283. The quantitative estimate of drug-likeness (QED) is 0.879. The lowest BCUT2D eigenvalue weighted by molar-refractivity contribution is -0.114. The number of ether oxygens (including phenoxy) is 1. The van der Waals surface area contributed by atoms with Gasteiger partial charge >= 0.3 is 0 Å². The molecular weight excluding hydrogens is 317 g/mol. The maximum absolute atomic E-state index is 11.7. The van der Waals surface area contributed by atoms with Gasteiger partial charge in [0.05, 0.1) is 29.4 Å². The van der Waals surface area contributed by atoms with Crippen molar-refractivity contribution in [1.29, 1.82) is 0 Å². The molecule has 6 nitrogen and oxygen atoms in total. The summed E-state index contributed by atoms with van der Waals surface area (Å²) in [6.45, 7) is 1.79. The minimum absolute atomic E-state index is 0.0265. The molecule has 0 spiro atoms. The molecule has 0 atom stereocenters. The first-order chi connectivity index (χ1) is 9.99. The Kier molecular flexibility index (Phi) is 4.93. The van der Waals surface area contributed by atoms with Crippen LogP contribution in [0.15, 0.2) is 22.7 Å². The molecule has 1 heterocycles. The zero-order valence-electron chi connectivity index (χ0n) is 11.4. The number of benzene rings is 1. The third kappa shape index (κ3) is 4.03. The lowest BCUT2D eigenvalue weighted by Gasteiger charge is -2.10. The van der Waals surface area contributed by atoms with Crippen molar-refractivity contribution in [2.45, 2.75) is 6.92 Å². The van der Waals surface area contributed by atoms with E-state index in [1.165, 1.54) is 7.11 Å². The second kappa shape index (κ2) is 6.69. The predicted octanol–water partition coefficient (Wildman–Crippen LogP) is 3.35. The van der Waals surface area contributed by atoms with Crippen LogP contribution in [0.2, 0.25) is 10.0 Å². The summed E-state index contributed by atoms with van der Waals surface area (Å²) in [7, 11) is 1.48. The fourth-order valence-electron chi connectivity index (χ4n) is 1.64. The smallest absolute Gasteiger partial charge is 0.246 e. The van der Waals surface area contributed by atoms with Gasteiger partial charge in [-0.1, -0.05) is 28.4 Å². The van der Waals surface area contributed by atoms with Gasteiger partial charge in [0.2, 0.25) is 11.8 Å². The molecule has 2 aromatic rings. The molecule has 1 aromatic carbocycles. The molecular formula is C13H13Cl2N3O3. The summed E-state index contributed by atoms with van der Waals surface area (Å²) in [6.07, 6.45) is 0. The molecule has 8 heteroatoms. The van der Waals surface area contributed by atoms with Crippen LogP contribution in [-0.2, 0) is 4.79 Å². The van der Waals surface area contributed by atoms with Gasteiger partial charge in [-0.15, -0.1) is 0 Å². The second-order valence-electron chi connectivity index (χ2n) is 4.21. The van der Waals surface area contributed by atoms with Crippen molar-refractivity contribution in [3.05, 3.63) is 33.9 Å². The standard InChI is InChI=1S/C13H13Cl2N3O3/c1-7-3-12(21-18-7)17-11(19)6-16-8-4-9(14)13(20-2)10(15)5-8/h3-5,16H,6H2,1-2H3,(H,17,19). The Morgan fingerprint density at radius 2 is 2.00 bits per heavy atom. The largest absolute Gasteiger partial charge is 0.494 e. The van der Waals surface area contributed by atoms with Gasteiger partial charge in [-0.05, 0) is 19.1 Å². The number of nitrogens with zero attached hydrogens (tertiary/aromatic N) is 1. The molecule has 0 radical (unpaired) electrons. The number of anilines is 2. The summed E-state index contributed by atoms with van der Waals surface area (Å²) in [4.78, 5) is 11.7. The Hall–Kier alpha value is -1.92. The van der Waals surface area contributed by atoms with Gasteiger partial charge in [-0.25, -0.2) is 0 Å². The van der Waals surface area contributed by atoms with Crippen LogP contribution in [0.5, 0.6) is 5.75 Å². The van der Waals surface area contributed by atoms with Crippen LogP contribution in [0.4, 0.5) is 11.6 Å². The molecule has 112 valence electrons. The van der Waals surface area contributed by atoms with E-state index < -0.39 is 0 Å². The molecule has 0 aliphatic rings. The number of halogens is 2. The van der Waals surface area contributed by atoms with E-state index in [9.17, 15) is 4.79 Å². The first kappa shape index (κ1) is 15.5. The van der Waals surface area contributed by atoms with Crippen molar-refractivity contribution in [2.24, 2.45) is 0 Å². The van der Waals surface area contributed by atoms with Gasteiger partial charge in [0.15, 0.2) is 5.75 Å². The van der Waals surface area contributed by atoms with Gasteiger partial charge in [0, 0.05) is 11.8 Å². The van der Waals surface area contributed by atoms with Crippen molar-refractivity contribution in [2.75, 3.05) is 24.3 Å². The highest BCUT2D eigenvalue weighted by Gasteiger charge is 2.10. The number of hydrogen-bond acceptors (Lipinski definition) is 5. The molecule has 0 aliphatic heterocycles. The summed E-state index contributed by atoms with van der Waals surface area (Å²) < 4.78 is 9.93. The van der Waals surface area contributed by atoms with E-state index >= 15 is 0 Å². The van der Waals surface area contributed by atoms with Crippen LogP contribution in [0.25, 0.3) is 0 Å². The summed E-state index contributed by atoms with van der Waals surface area (Å²) in [6, 6.07) is 4.87. The molecule has 21 heavy (non-hydrogen) atoms. The van der Waals surface area contributed by atoms with E-state index in [-0.39, 0.29) is 12.5 Å². The van der Waals surface area contributed by atoms with Gasteiger partial charge in [-0.3, -0.25) is 10.1 Å². The molecule has 0 fully saturated rings. The van der Waals surface area contributed by atoms with Crippen LogP contribution in [0.3, 0.4) is 0 Å². The number of amides is 1. The van der Waals surface area contributed by atoms with E-state index in [0.717, 1.165) is 0 Å². The molecule has 1 aromatic heterocycles. The van der Waals surface area contributed by atoms with E-state index in [0.29, 0.717) is 33.1 Å². The summed E-state index contributed by atoms with van der Waals surface area (Å²) >= 11 is 12.0. The van der Waals surface area contributed by atoms with Crippen LogP contribution >= 0.6 is 23.2 Å². The second-order valence-corrected chi connectivity index (χ2v) is 5.02. The normalized spacial score (nSPS) is 10.3. The molecule has 0 saturated carbocycles. The zero-order chi connectivity index (χ0) is 15.4. The van der Waals surface area contributed by atoms with E-state index in [2.05, 4.69) is 15.8 Å². The topological polar surface area (TPSA) is 76.4 Å². The molecule has 2 N–H and O–H groups in total. The first-order valence-electron chi connectivity index (χ1n) is 5.99. The number of aromatic nitrogens is 1. The van der Waals surface area contributed by atoms with Crippen LogP contribution in [0.1, 0.15) is 5.69 Å². The summed E-state index contributed by atoms with van der Waals surface area (Å²) in [5, 5.41) is 9.86. The number of aryl methyl sites for hydroxylation is 1. The Labute approximate surface area is 131 Å². The Morgan fingerprint density at radius 3 is 2.52 bits per heavy atom. The monoisotopic (exact) mass is 329 g/mol. The lowest BCUT2D eigenvalue weighted by atomic mass is 10.3. The van der Waals surface area contributed by atoms with E-state index in [1.54, 1.807) is 25.1 Å². The average molecular weight is 330 g/mol. The number of methoxy groups -OCH3 is 1. The molecule has 0 aliphatic carbocycles. The van der Waals surface area contributed by atoms with Crippen molar-refractivity contribution >= 4 is 40.7 Å². The third-order valence-electron chi connectivity index (χ3n) is 2.55. The predicted molar refractivity (Wildman–Crippen MR) is 81.4 cm³/mol. The van der Waals surface area contributed by atoms with E-state index in [1.807, 2.05) is 0 Å². The van der Waals surface area contributed by atoms with Crippen LogP contribution in [-0.4, -0.2) is 24.7 Å². The summed E-state index contributed by atoms with van der Waals surface area (Å²) in [5.41, 5.74) is 1.29. The number of carbonyl (C=O) groups is 1. The maximum atomic E-state index is 11.7. The molecule has 0 unspecified atom stereocenters. The van der Waals surface area contributed by atoms with Gasteiger partial charge in [0.25, 0.3) is 0 Å². The Balaban J connectivity index is 1.95. The molecule has 2 rings (SSSR count). The summed E-state index contributed by atoms with van der Waals surface area (Å²) in [5.74, 6) is 0.407. The van der Waals surface area contributed by atoms with Crippen molar-refractivity contribution in [3.8, 4) is 5.75 Å². The fourth-order valence-corrected chi connectivity index (χ4v) is 2.28. The van der Waals surface area contributed by atoms with Gasteiger partial charge in [-0.2, -0.15) is 0 Å². The SMILES string of the molecule is COc1c(Cl)cc(NCC(=O)Nc2cc(C)no2)cc1Cl. The molecule has 0 bridgehead atoms. The highest BCUT2D eigenvalue weighted by Crippen LogP contribution is 2.35. The zero-order valence-corrected chi connectivity index (χ0v) is 12.9. The fraction of sp³-hybridized carbons (Fsp3) is 0.231.